The van der Waals surface area contributed by atoms with Crippen LogP contribution in [0.15, 0.2) is 34.2 Å². The summed E-state index contributed by atoms with van der Waals surface area (Å²) in [6.45, 7) is 4.18. The molecule has 4 nitrogen and oxygen atoms in total. The zero-order valence-electron chi connectivity index (χ0n) is 10.7. The van der Waals surface area contributed by atoms with E-state index in [9.17, 15) is 0 Å². The molecule has 1 heterocycles. The van der Waals surface area contributed by atoms with Gasteiger partial charge in [0.25, 0.3) is 0 Å². The number of anilines is 2. The highest BCUT2D eigenvalue weighted by Crippen LogP contribution is 2.30. The van der Waals surface area contributed by atoms with Crippen LogP contribution in [-0.4, -0.2) is 17.0 Å². The van der Waals surface area contributed by atoms with Gasteiger partial charge in [-0.25, -0.2) is 4.98 Å². The average Bonchev–Trinajstić information content (AvgIpc) is 2.32. The number of nitrogens with zero attached hydrogens (tertiary/aromatic N) is 2. The van der Waals surface area contributed by atoms with Gasteiger partial charge < -0.3 is 11.1 Å². The molecule has 0 unspecified atom stereocenters. The summed E-state index contributed by atoms with van der Waals surface area (Å²) >= 11 is 1.60. The Balaban J connectivity index is 2.30. The van der Waals surface area contributed by atoms with Crippen LogP contribution in [0, 0.1) is 13.8 Å². The van der Waals surface area contributed by atoms with Crippen molar-refractivity contribution in [1.82, 2.24) is 9.97 Å². The number of rotatable bonds is 3. The van der Waals surface area contributed by atoms with E-state index in [4.69, 9.17) is 5.73 Å². The van der Waals surface area contributed by atoms with Crippen LogP contribution >= 0.6 is 11.8 Å². The molecule has 1 aromatic carbocycles. The fraction of sp³-hybridized carbons (Fsp3) is 0.231. The predicted octanol–water partition coefficient (Wildman–Crippen LogP) is 2.87. The number of hydrogen-bond donors (Lipinski definition) is 2. The lowest BCUT2D eigenvalue weighted by Crippen LogP contribution is -2.00. The molecule has 1 aromatic heterocycles. The van der Waals surface area contributed by atoms with Crippen LogP contribution in [0.5, 0.6) is 0 Å². The van der Waals surface area contributed by atoms with Gasteiger partial charge in [-0.2, -0.15) is 4.98 Å². The van der Waals surface area contributed by atoms with Crippen LogP contribution in [0.4, 0.5) is 11.8 Å². The van der Waals surface area contributed by atoms with Crippen molar-refractivity contribution in [1.29, 1.82) is 0 Å². The maximum atomic E-state index is 5.68. The molecule has 3 N–H and O–H groups in total. The number of nitrogens with one attached hydrogen (secondary N) is 1. The quantitative estimate of drug-likeness (QED) is 0.831. The van der Waals surface area contributed by atoms with Gasteiger partial charge in [-0.3, -0.25) is 0 Å². The zero-order valence-corrected chi connectivity index (χ0v) is 11.5. The average molecular weight is 260 g/mol. The number of nitrogens with two attached hydrogens (primary N) is 1. The first-order valence-electron chi connectivity index (χ1n) is 5.66. The lowest BCUT2D eigenvalue weighted by Gasteiger charge is -2.07. The van der Waals surface area contributed by atoms with Gasteiger partial charge in [0.05, 0.1) is 0 Å². The summed E-state index contributed by atoms with van der Waals surface area (Å²) in [4.78, 5) is 9.48. The summed E-state index contributed by atoms with van der Waals surface area (Å²) in [6.07, 6.45) is 0. The molecule has 5 heteroatoms. The molecule has 0 aliphatic rings. The maximum Gasteiger partial charge on any atom is 0.223 e. The van der Waals surface area contributed by atoms with Crippen molar-refractivity contribution < 1.29 is 0 Å². The van der Waals surface area contributed by atoms with Crippen molar-refractivity contribution in [3.8, 4) is 0 Å². The highest BCUT2D eigenvalue weighted by molar-refractivity contribution is 7.99. The highest BCUT2D eigenvalue weighted by atomic mass is 32.2. The Morgan fingerprint density at radius 3 is 2.61 bits per heavy atom. The van der Waals surface area contributed by atoms with Gasteiger partial charge in [0.15, 0.2) is 0 Å². The standard InChI is InChI=1S/C13H16N4S/c1-8-4-5-10(9(2)6-8)18-12-7-11(15-3)16-13(14)17-12/h4-7H,1-3H3,(H3,14,15,16,17). The number of aromatic nitrogens is 2. The van der Waals surface area contributed by atoms with Gasteiger partial charge in [0.2, 0.25) is 5.95 Å². The van der Waals surface area contributed by atoms with Crippen LogP contribution in [0.2, 0.25) is 0 Å². The Kier molecular flexibility index (Phi) is 3.72. The number of benzene rings is 1. The lowest BCUT2D eigenvalue weighted by atomic mass is 10.2. The van der Waals surface area contributed by atoms with Gasteiger partial charge in [-0.1, -0.05) is 29.5 Å². The van der Waals surface area contributed by atoms with Crippen LogP contribution in [0.1, 0.15) is 11.1 Å². The summed E-state index contributed by atoms with van der Waals surface area (Å²) in [5.41, 5.74) is 8.17. The third-order valence-corrected chi connectivity index (χ3v) is 3.62. The van der Waals surface area contributed by atoms with Gasteiger partial charge in [0.1, 0.15) is 10.8 Å². The SMILES string of the molecule is CNc1cc(Sc2ccc(C)cc2C)nc(N)n1. The molecule has 94 valence electrons. The van der Waals surface area contributed by atoms with Crippen molar-refractivity contribution in [2.24, 2.45) is 0 Å². The molecule has 0 amide bonds. The molecule has 18 heavy (non-hydrogen) atoms. The Morgan fingerprint density at radius 2 is 1.94 bits per heavy atom. The van der Waals surface area contributed by atoms with Crippen LogP contribution in [0.3, 0.4) is 0 Å². The molecule has 0 saturated carbocycles. The van der Waals surface area contributed by atoms with Crippen molar-refractivity contribution in [3.63, 3.8) is 0 Å². The first kappa shape index (κ1) is 12.7. The van der Waals surface area contributed by atoms with E-state index in [0.29, 0.717) is 0 Å². The monoisotopic (exact) mass is 260 g/mol. The second-order valence-electron chi connectivity index (χ2n) is 4.07. The minimum Gasteiger partial charge on any atom is -0.373 e. The Labute approximate surface area is 111 Å². The largest absolute Gasteiger partial charge is 0.373 e. The smallest absolute Gasteiger partial charge is 0.223 e. The fourth-order valence-electron chi connectivity index (χ4n) is 1.65. The minimum atomic E-state index is 0.286. The summed E-state index contributed by atoms with van der Waals surface area (Å²) in [6, 6.07) is 8.25. The molecular formula is C13H16N4S. The summed E-state index contributed by atoms with van der Waals surface area (Å²) in [7, 11) is 1.81. The van der Waals surface area contributed by atoms with E-state index in [1.54, 1.807) is 11.8 Å². The van der Waals surface area contributed by atoms with Crippen molar-refractivity contribution in [2.75, 3.05) is 18.1 Å². The minimum absolute atomic E-state index is 0.286. The normalized spacial score (nSPS) is 10.4. The van der Waals surface area contributed by atoms with Gasteiger partial charge >= 0.3 is 0 Å². The van der Waals surface area contributed by atoms with Crippen molar-refractivity contribution >= 4 is 23.5 Å². The topological polar surface area (TPSA) is 63.8 Å². The second-order valence-corrected chi connectivity index (χ2v) is 5.13. The predicted molar refractivity (Wildman–Crippen MR) is 76.0 cm³/mol. The Morgan fingerprint density at radius 1 is 1.17 bits per heavy atom. The van der Waals surface area contributed by atoms with Crippen LogP contribution in [-0.2, 0) is 0 Å². The van der Waals surface area contributed by atoms with E-state index >= 15 is 0 Å². The number of nitrogen functional groups attached to an aromatic ring is 1. The molecule has 0 fully saturated rings. The molecule has 0 spiro atoms. The molecule has 0 atom stereocenters. The number of aryl methyl sites for hydroxylation is 2. The lowest BCUT2D eigenvalue weighted by molar-refractivity contribution is 1.06. The van der Waals surface area contributed by atoms with E-state index < -0.39 is 0 Å². The van der Waals surface area contributed by atoms with E-state index in [1.165, 1.54) is 16.0 Å². The van der Waals surface area contributed by atoms with Crippen molar-refractivity contribution in [2.45, 2.75) is 23.8 Å². The van der Waals surface area contributed by atoms with E-state index in [0.717, 1.165) is 10.8 Å². The highest BCUT2D eigenvalue weighted by Gasteiger charge is 2.05. The summed E-state index contributed by atoms with van der Waals surface area (Å²) < 4.78 is 0. The molecule has 2 rings (SSSR count). The summed E-state index contributed by atoms with van der Waals surface area (Å²) in [5.74, 6) is 1.02. The molecule has 0 saturated heterocycles. The van der Waals surface area contributed by atoms with E-state index in [2.05, 4.69) is 47.3 Å². The molecule has 0 aliphatic heterocycles. The first-order chi connectivity index (χ1) is 8.58. The molecule has 0 bridgehead atoms. The second kappa shape index (κ2) is 5.27. The Hall–Kier alpha value is -1.75. The van der Waals surface area contributed by atoms with Crippen molar-refractivity contribution in [3.05, 3.63) is 35.4 Å². The molecular weight excluding hydrogens is 244 g/mol. The molecule has 0 aliphatic carbocycles. The number of hydrogen-bond acceptors (Lipinski definition) is 5. The van der Waals surface area contributed by atoms with Gasteiger partial charge in [0, 0.05) is 18.0 Å². The molecule has 0 radical (unpaired) electrons. The van der Waals surface area contributed by atoms with Gasteiger partial charge in [-0.15, -0.1) is 0 Å². The van der Waals surface area contributed by atoms with Crippen LogP contribution in [0.25, 0.3) is 0 Å². The van der Waals surface area contributed by atoms with E-state index in [-0.39, 0.29) is 5.95 Å². The third-order valence-electron chi connectivity index (χ3n) is 2.52. The van der Waals surface area contributed by atoms with Gasteiger partial charge in [-0.05, 0) is 25.5 Å². The van der Waals surface area contributed by atoms with Crippen LogP contribution < -0.4 is 11.1 Å². The third kappa shape index (κ3) is 2.92. The maximum absolute atomic E-state index is 5.68. The fourth-order valence-corrected chi connectivity index (χ4v) is 2.54. The van der Waals surface area contributed by atoms with E-state index in [1.807, 2.05) is 13.1 Å². The first-order valence-corrected chi connectivity index (χ1v) is 6.47. The Bertz CT molecular complexity index is 569. The zero-order chi connectivity index (χ0) is 13.1. The summed E-state index contributed by atoms with van der Waals surface area (Å²) in [5, 5.41) is 3.82. The molecule has 2 aromatic rings.